The fraction of sp³-hybridized carbons (Fsp3) is 0.409. The van der Waals surface area contributed by atoms with E-state index < -0.39 is 10.0 Å². The van der Waals surface area contributed by atoms with Crippen LogP contribution in [0.1, 0.15) is 43.4 Å². The van der Waals surface area contributed by atoms with Crippen LogP contribution in [0.4, 0.5) is 0 Å². The van der Waals surface area contributed by atoms with E-state index in [2.05, 4.69) is 5.32 Å². The molecule has 1 aliphatic rings. The molecule has 30 heavy (non-hydrogen) atoms. The molecule has 162 valence electrons. The van der Waals surface area contributed by atoms with E-state index in [0.29, 0.717) is 41.5 Å². The van der Waals surface area contributed by atoms with Crippen LogP contribution in [0.2, 0.25) is 10.0 Å². The molecular weight excluding hydrogens is 443 g/mol. The van der Waals surface area contributed by atoms with Crippen molar-refractivity contribution >= 4 is 39.1 Å². The lowest BCUT2D eigenvalue weighted by Crippen LogP contribution is -2.44. The van der Waals surface area contributed by atoms with Crippen LogP contribution in [0.5, 0.6) is 0 Å². The Morgan fingerprint density at radius 3 is 2.37 bits per heavy atom. The summed E-state index contributed by atoms with van der Waals surface area (Å²) in [6.07, 6.45) is 1.82. The monoisotopic (exact) mass is 468 g/mol. The Morgan fingerprint density at radius 2 is 1.77 bits per heavy atom. The van der Waals surface area contributed by atoms with E-state index in [0.717, 1.165) is 12.0 Å². The molecule has 1 fully saturated rings. The van der Waals surface area contributed by atoms with Crippen molar-refractivity contribution < 1.29 is 13.2 Å². The second-order valence-electron chi connectivity index (χ2n) is 7.56. The van der Waals surface area contributed by atoms with Gasteiger partial charge in [0.2, 0.25) is 15.9 Å². The average molecular weight is 469 g/mol. The van der Waals surface area contributed by atoms with Gasteiger partial charge in [-0.3, -0.25) is 4.79 Å². The van der Waals surface area contributed by atoms with Crippen molar-refractivity contribution in [3.05, 3.63) is 69.7 Å². The third-order valence-electron chi connectivity index (χ3n) is 5.48. The minimum absolute atomic E-state index is 0.00719. The van der Waals surface area contributed by atoms with E-state index in [1.54, 1.807) is 18.2 Å². The number of piperidine rings is 1. The first-order valence-electron chi connectivity index (χ1n) is 10.1. The first kappa shape index (κ1) is 23.1. The predicted molar refractivity (Wildman–Crippen MR) is 121 cm³/mol. The normalized spacial score (nSPS) is 16.9. The van der Waals surface area contributed by atoms with Crippen LogP contribution >= 0.6 is 23.2 Å². The first-order chi connectivity index (χ1) is 14.3. The summed E-state index contributed by atoms with van der Waals surface area (Å²) in [7, 11) is -3.49. The molecule has 8 heteroatoms. The number of carbonyl (C=O) groups excluding carboxylic acids is 1. The van der Waals surface area contributed by atoms with Crippen LogP contribution in [0, 0.1) is 5.92 Å². The van der Waals surface area contributed by atoms with Gasteiger partial charge in [0.25, 0.3) is 0 Å². The van der Waals surface area contributed by atoms with Gasteiger partial charge in [-0.15, -0.1) is 0 Å². The van der Waals surface area contributed by atoms with Crippen molar-refractivity contribution in [1.29, 1.82) is 0 Å². The summed E-state index contributed by atoms with van der Waals surface area (Å²) >= 11 is 11.9. The SMILES string of the molecule is CC[C@H](NC(=O)C1CCN(S(=O)(=O)Cc2ccc(Cl)c(Cl)c2)CC1)c1ccccc1. The number of hydrogen-bond acceptors (Lipinski definition) is 3. The van der Waals surface area contributed by atoms with Crippen molar-refractivity contribution in [2.45, 2.75) is 38.0 Å². The van der Waals surface area contributed by atoms with Crippen molar-refractivity contribution in [2.75, 3.05) is 13.1 Å². The van der Waals surface area contributed by atoms with Crippen LogP contribution in [0.15, 0.2) is 48.5 Å². The van der Waals surface area contributed by atoms with Crippen molar-refractivity contribution in [3.63, 3.8) is 0 Å². The number of hydrogen-bond donors (Lipinski definition) is 1. The lowest BCUT2D eigenvalue weighted by Gasteiger charge is -2.31. The number of sulfonamides is 1. The van der Waals surface area contributed by atoms with Gasteiger partial charge in [-0.25, -0.2) is 12.7 Å². The largest absolute Gasteiger partial charge is 0.349 e. The molecule has 1 amide bonds. The van der Waals surface area contributed by atoms with Crippen LogP contribution in [0.25, 0.3) is 0 Å². The van der Waals surface area contributed by atoms with Crippen LogP contribution in [-0.2, 0) is 20.6 Å². The number of amides is 1. The molecule has 5 nitrogen and oxygen atoms in total. The van der Waals surface area contributed by atoms with Gasteiger partial charge in [0.15, 0.2) is 0 Å². The minimum atomic E-state index is -3.49. The zero-order valence-electron chi connectivity index (χ0n) is 16.9. The van der Waals surface area contributed by atoms with Crippen molar-refractivity contribution in [1.82, 2.24) is 9.62 Å². The highest BCUT2D eigenvalue weighted by Gasteiger charge is 2.32. The van der Waals surface area contributed by atoms with Crippen molar-refractivity contribution in [2.24, 2.45) is 5.92 Å². The van der Waals surface area contributed by atoms with Gasteiger partial charge in [0.1, 0.15) is 0 Å². The molecule has 3 rings (SSSR count). The van der Waals surface area contributed by atoms with Gasteiger partial charge in [0.05, 0.1) is 21.8 Å². The zero-order valence-corrected chi connectivity index (χ0v) is 19.2. The number of nitrogens with zero attached hydrogens (tertiary/aromatic N) is 1. The number of benzene rings is 2. The fourth-order valence-electron chi connectivity index (χ4n) is 3.72. The molecule has 1 heterocycles. The summed E-state index contributed by atoms with van der Waals surface area (Å²) in [6, 6.07) is 14.7. The molecule has 1 aliphatic heterocycles. The molecule has 0 spiro atoms. The van der Waals surface area contributed by atoms with E-state index >= 15 is 0 Å². The Hall–Kier alpha value is -1.60. The fourth-order valence-corrected chi connectivity index (χ4v) is 5.59. The highest BCUT2D eigenvalue weighted by atomic mass is 35.5. The Balaban J connectivity index is 1.56. The zero-order chi connectivity index (χ0) is 21.7. The van der Waals surface area contributed by atoms with Gasteiger partial charge < -0.3 is 5.32 Å². The van der Waals surface area contributed by atoms with E-state index in [1.807, 2.05) is 37.3 Å². The topological polar surface area (TPSA) is 66.5 Å². The lowest BCUT2D eigenvalue weighted by atomic mass is 9.96. The lowest BCUT2D eigenvalue weighted by molar-refractivity contribution is -0.126. The molecule has 0 radical (unpaired) electrons. The second kappa shape index (κ2) is 10.1. The van der Waals surface area contributed by atoms with Gasteiger partial charge in [-0.1, -0.05) is 66.5 Å². The number of carbonyl (C=O) groups is 1. The summed E-state index contributed by atoms with van der Waals surface area (Å²) in [4.78, 5) is 12.8. The number of nitrogens with one attached hydrogen (secondary N) is 1. The molecule has 0 unspecified atom stereocenters. The molecule has 1 saturated heterocycles. The third-order valence-corrected chi connectivity index (χ3v) is 8.07. The van der Waals surface area contributed by atoms with Crippen LogP contribution in [-0.4, -0.2) is 31.7 Å². The van der Waals surface area contributed by atoms with Crippen LogP contribution < -0.4 is 5.32 Å². The molecule has 2 aromatic rings. The molecule has 1 atom stereocenters. The molecule has 1 N–H and O–H groups in total. The number of halogens is 2. The summed E-state index contributed by atoms with van der Waals surface area (Å²) in [6.45, 7) is 2.71. The quantitative estimate of drug-likeness (QED) is 0.634. The number of rotatable bonds is 7. The molecule has 2 aromatic carbocycles. The maximum Gasteiger partial charge on any atom is 0.223 e. The highest BCUT2D eigenvalue weighted by molar-refractivity contribution is 7.88. The standard InChI is InChI=1S/C22H26Cl2N2O3S/c1-2-21(17-6-4-3-5-7-17)25-22(27)18-10-12-26(13-11-18)30(28,29)15-16-8-9-19(23)20(24)14-16/h3-9,14,18,21H,2,10-13,15H2,1H3,(H,25,27)/t21-/m0/s1. The van der Waals surface area contributed by atoms with E-state index in [4.69, 9.17) is 23.2 Å². The van der Waals surface area contributed by atoms with E-state index in [-0.39, 0.29) is 23.6 Å². The maximum atomic E-state index is 12.8. The first-order valence-corrected chi connectivity index (χ1v) is 12.4. The molecule has 0 aliphatic carbocycles. The Morgan fingerprint density at radius 1 is 1.10 bits per heavy atom. The Bertz CT molecular complexity index is 975. The minimum Gasteiger partial charge on any atom is -0.349 e. The average Bonchev–Trinajstić information content (AvgIpc) is 2.75. The highest BCUT2D eigenvalue weighted by Crippen LogP contribution is 2.26. The summed E-state index contributed by atoms with van der Waals surface area (Å²) < 4.78 is 27.0. The Kier molecular flexibility index (Phi) is 7.80. The Labute approximate surface area is 188 Å². The second-order valence-corrected chi connectivity index (χ2v) is 10.3. The van der Waals surface area contributed by atoms with Crippen LogP contribution in [0.3, 0.4) is 0 Å². The molecule has 0 bridgehead atoms. The smallest absolute Gasteiger partial charge is 0.223 e. The van der Waals surface area contributed by atoms with E-state index in [1.165, 1.54) is 4.31 Å². The maximum absolute atomic E-state index is 12.8. The summed E-state index contributed by atoms with van der Waals surface area (Å²) in [5, 5.41) is 3.85. The van der Waals surface area contributed by atoms with Gasteiger partial charge in [-0.2, -0.15) is 0 Å². The summed E-state index contributed by atoms with van der Waals surface area (Å²) in [5.74, 6) is -0.321. The van der Waals surface area contributed by atoms with E-state index in [9.17, 15) is 13.2 Å². The molecule has 0 saturated carbocycles. The predicted octanol–water partition coefficient (Wildman–Crippen LogP) is 4.80. The molecular formula is C22H26Cl2N2O3S. The molecule has 0 aromatic heterocycles. The summed E-state index contributed by atoms with van der Waals surface area (Å²) in [5.41, 5.74) is 1.67. The van der Waals surface area contributed by atoms with Gasteiger partial charge >= 0.3 is 0 Å². The third kappa shape index (κ3) is 5.76. The van der Waals surface area contributed by atoms with Crippen molar-refractivity contribution in [3.8, 4) is 0 Å². The van der Waals surface area contributed by atoms with Gasteiger partial charge in [0, 0.05) is 19.0 Å². The van der Waals surface area contributed by atoms with Gasteiger partial charge in [-0.05, 0) is 42.5 Å².